The summed E-state index contributed by atoms with van der Waals surface area (Å²) >= 11 is 0. The Hall–Kier alpha value is -0.200. The molecule has 0 aromatic heterocycles. The van der Waals surface area contributed by atoms with E-state index >= 15 is 0 Å². The van der Waals surface area contributed by atoms with Gasteiger partial charge in [0.2, 0.25) is 5.91 Å². The van der Waals surface area contributed by atoms with E-state index in [0.29, 0.717) is 25.9 Å². The fourth-order valence-electron chi connectivity index (χ4n) is 0.918. The minimum atomic E-state index is -0.0297. The minimum absolute atomic E-state index is 0.00910. The SMILES string of the molecule is CCC(=O)CCNSSC(C)(C)CNC(C)=O. The van der Waals surface area contributed by atoms with Gasteiger partial charge in [-0.15, -0.1) is 0 Å². The molecule has 17 heavy (non-hydrogen) atoms. The highest BCUT2D eigenvalue weighted by atomic mass is 33.1. The van der Waals surface area contributed by atoms with E-state index in [1.165, 1.54) is 17.9 Å². The van der Waals surface area contributed by atoms with Crippen molar-refractivity contribution < 1.29 is 9.59 Å². The molecule has 0 saturated carbocycles. The number of ketones is 1. The molecule has 1 amide bonds. The van der Waals surface area contributed by atoms with Crippen molar-refractivity contribution in [1.29, 1.82) is 0 Å². The van der Waals surface area contributed by atoms with Crippen molar-refractivity contribution in [1.82, 2.24) is 10.0 Å². The summed E-state index contributed by atoms with van der Waals surface area (Å²) < 4.78 is 3.11. The van der Waals surface area contributed by atoms with Gasteiger partial charge in [0.15, 0.2) is 0 Å². The number of amides is 1. The summed E-state index contributed by atoms with van der Waals surface area (Å²) in [6.07, 6.45) is 1.18. The summed E-state index contributed by atoms with van der Waals surface area (Å²) in [5.74, 6) is 0.269. The number of carbonyl (C=O) groups excluding carboxylic acids is 2. The molecule has 0 fully saturated rings. The van der Waals surface area contributed by atoms with Crippen LogP contribution in [-0.4, -0.2) is 29.5 Å². The molecule has 0 saturated heterocycles. The molecule has 0 aliphatic rings. The van der Waals surface area contributed by atoms with Gasteiger partial charge in [-0.2, -0.15) is 0 Å². The topological polar surface area (TPSA) is 58.2 Å². The maximum absolute atomic E-state index is 11.0. The predicted molar refractivity (Wildman–Crippen MR) is 75.9 cm³/mol. The van der Waals surface area contributed by atoms with Crippen molar-refractivity contribution >= 4 is 33.5 Å². The molecule has 0 atom stereocenters. The summed E-state index contributed by atoms with van der Waals surface area (Å²) in [4.78, 5) is 21.8. The molecule has 0 aromatic carbocycles. The number of Topliss-reactive ketones (excluding diaryl/α,β-unsaturated/α-hetero) is 1. The van der Waals surface area contributed by atoms with Crippen LogP contribution in [0.3, 0.4) is 0 Å². The molecule has 0 radical (unpaired) electrons. The second-order valence-corrected chi connectivity index (χ2v) is 7.10. The zero-order valence-corrected chi connectivity index (χ0v) is 12.6. The monoisotopic (exact) mass is 278 g/mol. The quantitative estimate of drug-likeness (QED) is 0.384. The molecule has 2 N–H and O–H groups in total. The largest absolute Gasteiger partial charge is 0.355 e. The number of rotatable bonds is 9. The first kappa shape index (κ1) is 16.8. The lowest BCUT2D eigenvalue weighted by atomic mass is 10.2. The summed E-state index contributed by atoms with van der Waals surface area (Å²) in [7, 11) is 3.19. The number of hydrogen-bond acceptors (Lipinski definition) is 5. The van der Waals surface area contributed by atoms with Gasteiger partial charge in [0.05, 0.1) is 0 Å². The van der Waals surface area contributed by atoms with Gasteiger partial charge >= 0.3 is 0 Å². The lowest BCUT2D eigenvalue weighted by Crippen LogP contribution is -2.34. The summed E-state index contributed by atoms with van der Waals surface area (Å²) in [6, 6.07) is 0. The van der Waals surface area contributed by atoms with Crippen LogP contribution in [0.25, 0.3) is 0 Å². The van der Waals surface area contributed by atoms with Gasteiger partial charge in [-0.1, -0.05) is 17.7 Å². The molecule has 100 valence electrons. The lowest BCUT2D eigenvalue weighted by Gasteiger charge is -2.23. The maximum Gasteiger partial charge on any atom is 0.216 e. The second kappa shape index (κ2) is 8.83. The zero-order chi connectivity index (χ0) is 13.3. The molecule has 0 aromatic rings. The molecule has 0 heterocycles. The van der Waals surface area contributed by atoms with E-state index < -0.39 is 0 Å². The molecular formula is C11H22N2O2S2. The van der Waals surface area contributed by atoms with E-state index in [1.54, 1.807) is 10.8 Å². The van der Waals surface area contributed by atoms with Crippen LogP contribution < -0.4 is 10.0 Å². The molecule has 0 bridgehead atoms. The standard InChI is InChI=1S/C11H22N2O2S2/c1-5-10(15)6-7-13-17-16-11(3,4)8-12-9(2)14/h13H,5-8H2,1-4H3,(H,12,14). The van der Waals surface area contributed by atoms with Crippen molar-refractivity contribution in [2.24, 2.45) is 0 Å². The smallest absolute Gasteiger partial charge is 0.216 e. The first-order valence-electron chi connectivity index (χ1n) is 5.71. The van der Waals surface area contributed by atoms with Crippen molar-refractivity contribution in [2.45, 2.75) is 45.3 Å². The molecular weight excluding hydrogens is 256 g/mol. The van der Waals surface area contributed by atoms with E-state index in [4.69, 9.17) is 0 Å². The van der Waals surface area contributed by atoms with Crippen LogP contribution in [0.4, 0.5) is 0 Å². The summed E-state index contributed by atoms with van der Waals surface area (Å²) in [5.41, 5.74) is 0. The van der Waals surface area contributed by atoms with Crippen LogP contribution in [-0.2, 0) is 9.59 Å². The molecule has 0 aliphatic carbocycles. The highest BCUT2D eigenvalue weighted by Crippen LogP contribution is 2.32. The average Bonchev–Trinajstić information content (AvgIpc) is 2.25. The van der Waals surface area contributed by atoms with Gasteiger partial charge in [-0.3, -0.25) is 14.3 Å². The molecule has 0 unspecified atom stereocenters. The lowest BCUT2D eigenvalue weighted by molar-refractivity contribution is -0.119. The second-order valence-electron chi connectivity index (χ2n) is 4.37. The fraction of sp³-hybridized carbons (Fsp3) is 0.818. The van der Waals surface area contributed by atoms with Crippen LogP contribution in [0.5, 0.6) is 0 Å². The van der Waals surface area contributed by atoms with Crippen LogP contribution in [0.2, 0.25) is 0 Å². The van der Waals surface area contributed by atoms with Crippen LogP contribution in [0.15, 0.2) is 0 Å². The van der Waals surface area contributed by atoms with Crippen molar-refractivity contribution in [3.8, 4) is 0 Å². The van der Waals surface area contributed by atoms with Crippen LogP contribution in [0.1, 0.15) is 40.5 Å². The zero-order valence-electron chi connectivity index (χ0n) is 11.0. The summed E-state index contributed by atoms with van der Waals surface area (Å²) in [6.45, 7) is 8.86. The van der Waals surface area contributed by atoms with E-state index in [-0.39, 0.29) is 16.4 Å². The first-order valence-corrected chi connectivity index (χ1v) is 7.86. The normalized spacial score (nSPS) is 11.3. The maximum atomic E-state index is 11.0. The Bertz CT molecular complexity index is 258. The van der Waals surface area contributed by atoms with Gasteiger partial charge in [0, 0.05) is 37.6 Å². The van der Waals surface area contributed by atoms with Gasteiger partial charge in [0.1, 0.15) is 5.78 Å². The van der Waals surface area contributed by atoms with Gasteiger partial charge in [-0.05, 0) is 24.8 Å². The van der Waals surface area contributed by atoms with E-state index in [2.05, 4.69) is 23.9 Å². The predicted octanol–water partition coefficient (Wildman–Crippen LogP) is 2.16. The first-order chi connectivity index (χ1) is 7.87. The molecule has 0 aliphatic heterocycles. The van der Waals surface area contributed by atoms with E-state index in [1.807, 2.05) is 6.92 Å². The minimum Gasteiger partial charge on any atom is -0.355 e. The Morgan fingerprint density at radius 1 is 1.29 bits per heavy atom. The number of carbonyl (C=O) groups is 2. The molecule has 0 rings (SSSR count). The van der Waals surface area contributed by atoms with Crippen molar-refractivity contribution in [2.75, 3.05) is 13.1 Å². The third-order valence-electron chi connectivity index (χ3n) is 1.99. The highest BCUT2D eigenvalue weighted by Gasteiger charge is 2.19. The molecule has 6 heteroatoms. The van der Waals surface area contributed by atoms with Gasteiger partial charge in [-0.25, -0.2) is 0 Å². The van der Waals surface area contributed by atoms with Gasteiger partial charge < -0.3 is 5.32 Å². The molecule has 0 spiro atoms. The Labute approximate surface area is 112 Å². The molecule has 4 nitrogen and oxygen atoms in total. The van der Waals surface area contributed by atoms with Crippen LogP contribution >= 0.6 is 21.8 Å². The Kier molecular flexibility index (Phi) is 8.72. The average molecular weight is 278 g/mol. The van der Waals surface area contributed by atoms with E-state index in [9.17, 15) is 9.59 Å². The van der Waals surface area contributed by atoms with Crippen molar-refractivity contribution in [3.05, 3.63) is 0 Å². The number of hydrogen-bond donors (Lipinski definition) is 2. The third kappa shape index (κ3) is 10.7. The Morgan fingerprint density at radius 3 is 2.47 bits per heavy atom. The van der Waals surface area contributed by atoms with E-state index in [0.717, 1.165) is 0 Å². The summed E-state index contributed by atoms with van der Waals surface area (Å²) in [5, 5.41) is 2.80. The number of nitrogens with one attached hydrogen (secondary N) is 2. The Morgan fingerprint density at radius 2 is 1.94 bits per heavy atom. The van der Waals surface area contributed by atoms with Crippen LogP contribution in [0, 0.1) is 0 Å². The fourth-order valence-corrected chi connectivity index (χ4v) is 2.80. The Balaban J connectivity index is 3.58. The van der Waals surface area contributed by atoms with Gasteiger partial charge in [0.25, 0.3) is 0 Å². The highest BCUT2D eigenvalue weighted by molar-refractivity contribution is 8.76. The third-order valence-corrected chi connectivity index (χ3v) is 4.95. The van der Waals surface area contributed by atoms with Crippen molar-refractivity contribution in [3.63, 3.8) is 0 Å².